The molecule has 0 aliphatic heterocycles. The molecule has 0 radical (unpaired) electrons. The fraction of sp³-hybridized carbons (Fsp3) is 0.613. The molecular weight excluding hydrogens is 372 g/mol. The van der Waals surface area contributed by atoms with Crippen molar-refractivity contribution in [1.82, 2.24) is 0 Å². The highest BCUT2D eigenvalue weighted by molar-refractivity contribution is 5.13. The lowest BCUT2D eigenvalue weighted by Crippen LogP contribution is -1.87. The van der Waals surface area contributed by atoms with Crippen LogP contribution in [0.2, 0.25) is 0 Å². The highest BCUT2D eigenvalue weighted by atomic mass is 14.0. The quantitative estimate of drug-likeness (QED) is 0.229. The molecule has 0 unspecified atom stereocenters. The molecule has 0 heterocycles. The third-order valence-corrected chi connectivity index (χ3v) is 5.97. The Labute approximate surface area is 196 Å². The summed E-state index contributed by atoms with van der Waals surface area (Å²) in [5, 5.41) is 0. The van der Waals surface area contributed by atoms with Crippen LogP contribution < -0.4 is 0 Å². The van der Waals surface area contributed by atoms with Gasteiger partial charge in [0, 0.05) is 0 Å². The molecule has 0 aromatic heterocycles. The highest BCUT2D eigenvalue weighted by Crippen LogP contribution is 2.18. The van der Waals surface area contributed by atoms with Crippen molar-refractivity contribution in [2.45, 2.75) is 127 Å². The average Bonchev–Trinajstić information content (AvgIpc) is 2.67. The molecule has 176 valence electrons. The minimum absolute atomic E-state index is 1.18. The molecule has 0 N–H and O–H groups in total. The molecule has 0 saturated heterocycles. The van der Waals surface area contributed by atoms with Crippen LogP contribution in [0.5, 0.6) is 0 Å². The van der Waals surface area contributed by atoms with Gasteiger partial charge in [0.25, 0.3) is 0 Å². The third-order valence-electron chi connectivity index (χ3n) is 5.97. The minimum atomic E-state index is 1.18. The van der Waals surface area contributed by atoms with Gasteiger partial charge in [-0.25, -0.2) is 0 Å². The summed E-state index contributed by atoms with van der Waals surface area (Å²) >= 11 is 0. The normalized spacial score (nSPS) is 13.8. The number of hydrogen-bond donors (Lipinski definition) is 0. The molecule has 0 aliphatic carbocycles. The predicted octanol–water partition coefficient (Wildman–Crippen LogP) is 11.0. The van der Waals surface area contributed by atoms with Crippen LogP contribution in [0.3, 0.4) is 0 Å². The van der Waals surface area contributed by atoms with E-state index in [-0.39, 0.29) is 0 Å². The van der Waals surface area contributed by atoms with Gasteiger partial charge in [0.15, 0.2) is 0 Å². The molecule has 0 heteroatoms. The Bertz CT molecular complexity index is 678. The summed E-state index contributed by atoms with van der Waals surface area (Å²) in [4.78, 5) is 0. The zero-order valence-corrected chi connectivity index (χ0v) is 22.5. The van der Waals surface area contributed by atoms with E-state index < -0.39 is 0 Å². The summed E-state index contributed by atoms with van der Waals surface area (Å²) in [5.74, 6) is 0. The molecule has 0 aliphatic rings. The van der Waals surface area contributed by atoms with E-state index >= 15 is 0 Å². The predicted molar refractivity (Wildman–Crippen MR) is 145 cm³/mol. The molecule has 0 atom stereocenters. The van der Waals surface area contributed by atoms with Crippen molar-refractivity contribution in [3.8, 4) is 0 Å². The second-order valence-corrected chi connectivity index (χ2v) is 9.97. The molecule has 0 saturated carbocycles. The van der Waals surface area contributed by atoms with Gasteiger partial charge in [-0.1, -0.05) is 69.4 Å². The fourth-order valence-electron chi connectivity index (χ4n) is 3.53. The molecule has 31 heavy (non-hydrogen) atoms. The van der Waals surface area contributed by atoms with Crippen LogP contribution in [0.25, 0.3) is 0 Å². The van der Waals surface area contributed by atoms with Gasteiger partial charge in [-0.3, -0.25) is 0 Å². The zero-order valence-electron chi connectivity index (χ0n) is 22.5. The minimum Gasteiger partial charge on any atom is -0.0856 e. The van der Waals surface area contributed by atoms with Crippen LogP contribution in [0.1, 0.15) is 127 Å². The zero-order chi connectivity index (χ0) is 23.6. The molecule has 0 rings (SSSR count). The number of hydrogen-bond acceptors (Lipinski definition) is 0. The van der Waals surface area contributed by atoms with Gasteiger partial charge in [-0.2, -0.15) is 0 Å². The van der Waals surface area contributed by atoms with Gasteiger partial charge in [-0.05, 0) is 127 Å². The van der Waals surface area contributed by atoms with E-state index in [1.165, 1.54) is 92.1 Å². The molecule has 0 spiro atoms. The van der Waals surface area contributed by atoms with Gasteiger partial charge >= 0.3 is 0 Å². The van der Waals surface area contributed by atoms with Crippen molar-refractivity contribution in [2.24, 2.45) is 0 Å². The van der Waals surface area contributed by atoms with E-state index in [1.54, 1.807) is 11.1 Å². The SMILES string of the molecule is CC(C)=CCC/C(C)=C/CC/C(C)=C(/C)CC/C=C(\C)CC/C=C(\C)CCC=C(C)C. The fourth-order valence-corrected chi connectivity index (χ4v) is 3.53. The maximum Gasteiger partial charge on any atom is -0.0286 e. The maximum atomic E-state index is 2.45. The molecule has 0 fully saturated rings. The summed E-state index contributed by atoms with van der Waals surface area (Å²) in [6, 6.07) is 0. The van der Waals surface area contributed by atoms with Crippen molar-refractivity contribution in [3.63, 3.8) is 0 Å². The summed E-state index contributed by atoms with van der Waals surface area (Å²) in [6.07, 6.45) is 23.9. The van der Waals surface area contributed by atoms with E-state index in [0.717, 1.165) is 0 Å². The topological polar surface area (TPSA) is 0 Å². The lowest BCUT2D eigenvalue weighted by atomic mass is 9.99. The first-order valence-corrected chi connectivity index (χ1v) is 12.5. The van der Waals surface area contributed by atoms with Crippen LogP contribution in [0, 0.1) is 0 Å². The van der Waals surface area contributed by atoms with Crippen molar-refractivity contribution in [1.29, 1.82) is 0 Å². The lowest BCUT2D eigenvalue weighted by Gasteiger charge is -2.07. The van der Waals surface area contributed by atoms with E-state index in [4.69, 9.17) is 0 Å². The Morgan fingerprint density at radius 2 is 0.613 bits per heavy atom. The van der Waals surface area contributed by atoms with E-state index in [0.29, 0.717) is 0 Å². The van der Waals surface area contributed by atoms with Crippen LogP contribution in [0.15, 0.2) is 69.4 Å². The molecule has 0 aromatic carbocycles. The largest absolute Gasteiger partial charge is 0.0856 e. The van der Waals surface area contributed by atoms with Crippen molar-refractivity contribution >= 4 is 0 Å². The van der Waals surface area contributed by atoms with Crippen LogP contribution in [-0.2, 0) is 0 Å². The summed E-state index contributed by atoms with van der Waals surface area (Å²) < 4.78 is 0. The Morgan fingerprint density at radius 3 is 0.903 bits per heavy atom. The standard InChI is InChI=1S/C31H52/c1-25(2)15-10-17-27(5)19-12-20-29(7)22-14-24-31(9)30(8)23-13-21-28(6)18-11-16-26(3)4/h15-16,19,21-22H,10-14,17-18,20,23-24H2,1-9H3/b27-19+,28-21+,29-22+,31-30-. The number of allylic oxidation sites excluding steroid dienone is 12. The first kappa shape index (κ1) is 29.4. The van der Waals surface area contributed by atoms with Gasteiger partial charge < -0.3 is 0 Å². The Kier molecular flexibility index (Phi) is 17.1. The van der Waals surface area contributed by atoms with Gasteiger partial charge in [0.1, 0.15) is 0 Å². The van der Waals surface area contributed by atoms with Gasteiger partial charge in [0.2, 0.25) is 0 Å². The maximum absolute atomic E-state index is 2.45. The van der Waals surface area contributed by atoms with E-state index in [1.807, 2.05) is 0 Å². The molecule has 0 nitrogen and oxygen atoms in total. The first-order chi connectivity index (χ1) is 14.6. The lowest BCUT2D eigenvalue weighted by molar-refractivity contribution is 0.868. The molecule has 0 amide bonds. The Balaban J connectivity index is 4.25. The second-order valence-electron chi connectivity index (χ2n) is 9.97. The summed E-state index contributed by atoms with van der Waals surface area (Å²) in [5.41, 5.74) is 10.6. The number of rotatable bonds is 15. The molecule has 0 bridgehead atoms. The van der Waals surface area contributed by atoms with E-state index in [2.05, 4.69) is 92.7 Å². The van der Waals surface area contributed by atoms with E-state index in [9.17, 15) is 0 Å². The van der Waals surface area contributed by atoms with Crippen LogP contribution in [0.4, 0.5) is 0 Å². The smallest absolute Gasteiger partial charge is 0.0286 e. The van der Waals surface area contributed by atoms with Crippen molar-refractivity contribution < 1.29 is 0 Å². The highest BCUT2D eigenvalue weighted by Gasteiger charge is 1.98. The Hall–Kier alpha value is -1.56. The molecular formula is C31H52. The van der Waals surface area contributed by atoms with Crippen LogP contribution in [-0.4, -0.2) is 0 Å². The monoisotopic (exact) mass is 424 g/mol. The van der Waals surface area contributed by atoms with Gasteiger partial charge in [-0.15, -0.1) is 0 Å². The average molecular weight is 425 g/mol. The third kappa shape index (κ3) is 18.9. The van der Waals surface area contributed by atoms with Gasteiger partial charge in [0.05, 0.1) is 0 Å². The molecule has 0 aromatic rings. The van der Waals surface area contributed by atoms with Crippen molar-refractivity contribution in [2.75, 3.05) is 0 Å². The second kappa shape index (κ2) is 18.1. The summed E-state index contributed by atoms with van der Waals surface area (Å²) in [6.45, 7) is 20.2. The first-order valence-electron chi connectivity index (χ1n) is 12.5. The Morgan fingerprint density at radius 1 is 0.355 bits per heavy atom. The van der Waals surface area contributed by atoms with Crippen LogP contribution >= 0.6 is 0 Å². The van der Waals surface area contributed by atoms with Crippen molar-refractivity contribution in [3.05, 3.63) is 69.4 Å². The summed E-state index contributed by atoms with van der Waals surface area (Å²) in [7, 11) is 0.